The average Bonchev–Trinajstić information content (AvgIpc) is 2.84. The number of fused-ring (bicyclic) bond motifs is 1. The lowest BCUT2D eigenvalue weighted by atomic mass is 10.1. The maximum atomic E-state index is 5.81. The molecule has 0 saturated heterocycles. The Labute approximate surface area is 91.1 Å². The normalized spacial score (nSPS) is 22.1. The molecule has 0 spiro atoms. The zero-order valence-corrected chi connectivity index (χ0v) is 9.08. The summed E-state index contributed by atoms with van der Waals surface area (Å²) in [7, 11) is 0. The van der Waals surface area contributed by atoms with Crippen molar-refractivity contribution in [2.75, 3.05) is 5.73 Å². The van der Waals surface area contributed by atoms with Crippen LogP contribution in [0.1, 0.15) is 36.8 Å². The predicted molar refractivity (Wildman–Crippen MR) is 62.4 cm³/mol. The van der Waals surface area contributed by atoms with Crippen molar-refractivity contribution in [3.63, 3.8) is 0 Å². The van der Waals surface area contributed by atoms with Crippen molar-refractivity contribution in [3.8, 4) is 0 Å². The van der Waals surface area contributed by atoms with Crippen LogP contribution in [0.5, 0.6) is 0 Å². The lowest BCUT2D eigenvalue weighted by Crippen LogP contribution is -2.27. The number of benzene rings is 1. The molecule has 1 aromatic carbocycles. The summed E-state index contributed by atoms with van der Waals surface area (Å²) in [5, 5.41) is 0. The molecular weight excluding hydrogens is 184 g/mol. The minimum absolute atomic E-state index is 0.832. The monoisotopic (exact) mass is 202 g/mol. The molecule has 1 aliphatic carbocycles. The van der Waals surface area contributed by atoms with Crippen molar-refractivity contribution in [2.24, 2.45) is 0 Å². The lowest BCUT2D eigenvalue weighted by molar-refractivity contribution is 0.202. The molecule has 2 heteroatoms. The first-order valence-corrected chi connectivity index (χ1v) is 5.94. The highest BCUT2D eigenvalue weighted by molar-refractivity contribution is 5.46. The second-order valence-electron chi connectivity index (χ2n) is 4.87. The molecule has 80 valence electrons. The highest BCUT2D eigenvalue weighted by Gasteiger charge is 2.27. The van der Waals surface area contributed by atoms with E-state index in [1.165, 1.54) is 36.8 Å². The molecule has 0 amide bonds. The Morgan fingerprint density at radius 2 is 1.80 bits per heavy atom. The van der Waals surface area contributed by atoms with Crippen LogP contribution in [0.15, 0.2) is 18.2 Å². The van der Waals surface area contributed by atoms with Gasteiger partial charge in [-0.1, -0.05) is 18.9 Å². The summed E-state index contributed by atoms with van der Waals surface area (Å²) in [6.45, 7) is 2.26. The van der Waals surface area contributed by atoms with Crippen LogP contribution < -0.4 is 5.73 Å². The molecule has 0 atom stereocenters. The molecule has 0 aromatic heterocycles. The van der Waals surface area contributed by atoms with Gasteiger partial charge in [0, 0.05) is 24.8 Å². The molecule has 1 aromatic rings. The van der Waals surface area contributed by atoms with Crippen LogP contribution in [-0.4, -0.2) is 10.9 Å². The molecule has 2 N–H and O–H groups in total. The Hall–Kier alpha value is -1.02. The minimum atomic E-state index is 0.832. The Morgan fingerprint density at radius 3 is 2.60 bits per heavy atom. The molecule has 0 bridgehead atoms. The average molecular weight is 202 g/mol. The molecule has 3 rings (SSSR count). The van der Waals surface area contributed by atoms with Crippen molar-refractivity contribution in [2.45, 2.75) is 44.8 Å². The van der Waals surface area contributed by atoms with Gasteiger partial charge in [-0.3, -0.25) is 4.90 Å². The predicted octanol–water partition coefficient (Wildman–Crippen LogP) is 2.53. The van der Waals surface area contributed by atoms with Gasteiger partial charge in [0.05, 0.1) is 0 Å². The third-order valence-electron chi connectivity index (χ3n) is 3.82. The number of anilines is 1. The van der Waals surface area contributed by atoms with Crippen molar-refractivity contribution >= 4 is 5.69 Å². The van der Waals surface area contributed by atoms with Gasteiger partial charge in [0.2, 0.25) is 0 Å². The summed E-state index contributed by atoms with van der Waals surface area (Å²) >= 11 is 0. The van der Waals surface area contributed by atoms with E-state index in [0.717, 1.165) is 24.8 Å². The minimum Gasteiger partial charge on any atom is -0.399 e. The Bertz CT molecular complexity index is 367. The fourth-order valence-corrected chi connectivity index (χ4v) is 2.97. The number of nitrogen functional groups attached to an aromatic ring is 1. The first-order chi connectivity index (χ1) is 7.33. The first-order valence-electron chi connectivity index (χ1n) is 5.94. The summed E-state index contributed by atoms with van der Waals surface area (Å²) in [5.41, 5.74) is 9.64. The van der Waals surface area contributed by atoms with Gasteiger partial charge in [-0.15, -0.1) is 0 Å². The largest absolute Gasteiger partial charge is 0.399 e. The van der Waals surface area contributed by atoms with Crippen LogP contribution in [-0.2, 0) is 13.1 Å². The second-order valence-corrected chi connectivity index (χ2v) is 4.87. The van der Waals surface area contributed by atoms with Gasteiger partial charge < -0.3 is 5.73 Å². The van der Waals surface area contributed by atoms with Gasteiger partial charge >= 0.3 is 0 Å². The van der Waals surface area contributed by atoms with Crippen LogP contribution in [0.4, 0.5) is 5.69 Å². The van der Waals surface area contributed by atoms with Crippen molar-refractivity contribution < 1.29 is 0 Å². The van der Waals surface area contributed by atoms with Gasteiger partial charge in [0.25, 0.3) is 0 Å². The molecule has 0 radical (unpaired) electrons. The highest BCUT2D eigenvalue weighted by Crippen LogP contribution is 2.32. The van der Waals surface area contributed by atoms with Gasteiger partial charge in [-0.2, -0.15) is 0 Å². The summed E-state index contributed by atoms with van der Waals surface area (Å²) < 4.78 is 0. The van der Waals surface area contributed by atoms with E-state index in [4.69, 9.17) is 5.73 Å². The summed E-state index contributed by atoms with van der Waals surface area (Å²) in [5.74, 6) is 0. The molecule has 2 nitrogen and oxygen atoms in total. The van der Waals surface area contributed by atoms with Crippen LogP contribution >= 0.6 is 0 Å². The van der Waals surface area contributed by atoms with E-state index >= 15 is 0 Å². The SMILES string of the molecule is Nc1ccc2c(c1)CN(C1CCCC1)C2. The number of nitrogens with zero attached hydrogens (tertiary/aromatic N) is 1. The van der Waals surface area contributed by atoms with Crippen molar-refractivity contribution in [3.05, 3.63) is 29.3 Å². The molecular formula is C13H18N2. The first kappa shape index (κ1) is 9.22. The fourth-order valence-electron chi connectivity index (χ4n) is 2.97. The third-order valence-corrected chi connectivity index (χ3v) is 3.82. The quantitative estimate of drug-likeness (QED) is 0.709. The van der Waals surface area contributed by atoms with Gasteiger partial charge in [-0.25, -0.2) is 0 Å². The lowest BCUT2D eigenvalue weighted by Gasteiger charge is -2.22. The highest BCUT2D eigenvalue weighted by atomic mass is 15.2. The molecule has 2 aliphatic rings. The van der Waals surface area contributed by atoms with E-state index in [1.807, 2.05) is 6.07 Å². The molecule has 1 heterocycles. The smallest absolute Gasteiger partial charge is 0.0317 e. The van der Waals surface area contributed by atoms with Gasteiger partial charge in [0.15, 0.2) is 0 Å². The standard InChI is InChI=1S/C13H18N2/c14-12-6-5-10-8-15(9-11(10)7-12)13-3-1-2-4-13/h5-7,13H,1-4,8-9,14H2. The van der Waals surface area contributed by atoms with E-state index in [-0.39, 0.29) is 0 Å². The molecule has 1 fully saturated rings. The van der Waals surface area contributed by atoms with E-state index in [2.05, 4.69) is 17.0 Å². The Kier molecular flexibility index (Phi) is 2.17. The van der Waals surface area contributed by atoms with Gasteiger partial charge in [-0.05, 0) is 36.1 Å². The summed E-state index contributed by atoms with van der Waals surface area (Å²) in [6, 6.07) is 7.19. The molecule has 1 aliphatic heterocycles. The maximum absolute atomic E-state index is 5.81. The second kappa shape index (κ2) is 3.53. The fraction of sp³-hybridized carbons (Fsp3) is 0.538. The summed E-state index contributed by atoms with van der Waals surface area (Å²) in [4.78, 5) is 2.62. The Balaban J connectivity index is 1.79. The molecule has 15 heavy (non-hydrogen) atoms. The van der Waals surface area contributed by atoms with Crippen molar-refractivity contribution in [1.29, 1.82) is 0 Å². The number of hydrogen-bond donors (Lipinski definition) is 1. The summed E-state index contributed by atoms with van der Waals surface area (Å²) in [6.07, 6.45) is 5.62. The zero-order chi connectivity index (χ0) is 10.3. The Morgan fingerprint density at radius 1 is 1.07 bits per heavy atom. The molecule has 0 unspecified atom stereocenters. The van der Waals surface area contributed by atoms with E-state index in [9.17, 15) is 0 Å². The topological polar surface area (TPSA) is 29.3 Å². The zero-order valence-electron chi connectivity index (χ0n) is 9.08. The molecule has 1 saturated carbocycles. The van der Waals surface area contributed by atoms with E-state index in [1.54, 1.807) is 0 Å². The van der Waals surface area contributed by atoms with E-state index < -0.39 is 0 Å². The number of nitrogens with two attached hydrogens (primary N) is 1. The number of hydrogen-bond acceptors (Lipinski definition) is 2. The van der Waals surface area contributed by atoms with Crippen molar-refractivity contribution in [1.82, 2.24) is 4.90 Å². The van der Waals surface area contributed by atoms with E-state index in [0.29, 0.717) is 0 Å². The van der Waals surface area contributed by atoms with Crippen LogP contribution in [0.3, 0.4) is 0 Å². The third kappa shape index (κ3) is 1.63. The van der Waals surface area contributed by atoms with Gasteiger partial charge in [0.1, 0.15) is 0 Å². The maximum Gasteiger partial charge on any atom is 0.0317 e. The van der Waals surface area contributed by atoms with Crippen LogP contribution in [0.2, 0.25) is 0 Å². The number of rotatable bonds is 1. The van der Waals surface area contributed by atoms with Crippen LogP contribution in [0, 0.1) is 0 Å². The van der Waals surface area contributed by atoms with Crippen LogP contribution in [0.25, 0.3) is 0 Å².